The lowest BCUT2D eigenvalue weighted by molar-refractivity contribution is -0.138. The molecule has 1 aromatic carbocycles. The molecule has 0 radical (unpaired) electrons. The fourth-order valence-corrected chi connectivity index (χ4v) is 3.35. The van der Waals surface area contributed by atoms with E-state index in [9.17, 15) is 13.2 Å². The molecular formula is C12H14F3NS. The minimum atomic E-state index is -4.28. The molecule has 0 saturated carbocycles. The van der Waals surface area contributed by atoms with Crippen LogP contribution >= 0.6 is 11.8 Å². The molecule has 1 aliphatic heterocycles. The zero-order chi connectivity index (χ0) is 12.5. The first kappa shape index (κ1) is 12.8. The Morgan fingerprint density at radius 3 is 2.65 bits per heavy atom. The van der Waals surface area contributed by atoms with Crippen molar-refractivity contribution < 1.29 is 13.2 Å². The third-order valence-corrected chi connectivity index (χ3v) is 4.01. The molecule has 0 aliphatic carbocycles. The molecule has 0 aromatic heterocycles. The molecule has 94 valence electrons. The maximum atomic E-state index is 12.9. The molecule has 1 aliphatic rings. The summed E-state index contributed by atoms with van der Waals surface area (Å²) in [6.45, 7) is 2.00. The van der Waals surface area contributed by atoms with Gasteiger partial charge in [0.1, 0.15) is 0 Å². The Bertz CT molecular complexity index is 392. The van der Waals surface area contributed by atoms with E-state index in [1.807, 2.05) is 6.92 Å². The van der Waals surface area contributed by atoms with Crippen LogP contribution in [0.15, 0.2) is 24.3 Å². The number of nitrogens with one attached hydrogen (secondary N) is 1. The van der Waals surface area contributed by atoms with E-state index in [4.69, 9.17) is 0 Å². The van der Waals surface area contributed by atoms with Crippen LogP contribution in [0, 0.1) is 0 Å². The van der Waals surface area contributed by atoms with E-state index < -0.39 is 11.7 Å². The number of halogens is 3. The first-order valence-corrected chi connectivity index (χ1v) is 6.57. The van der Waals surface area contributed by atoms with Crippen LogP contribution in [-0.4, -0.2) is 11.8 Å². The van der Waals surface area contributed by atoms with Crippen LogP contribution in [0.25, 0.3) is 0 Å². The minimum absolute atomic E-state index is 0.253. The van der Waals surface area contributed by atoms with Crippen LogP contribution in [0.1, 0.15) is 29.8 Å². The largest absolute Gasteiger partial charge is 0.416 e. The number of hydrogen-bond acceptors (Lipinski definition) is 2. The fraction of sp³-hybridized carbons (Fsp3) is 0.500. The standard InChI is InChI=1S/C12H14F3NS/c1-8-6-7-17-11(16-8)9-4-2-3-5-10(9)12(13,14)15/h2-5,8,11,16H,6-7H2,1H3. The van der Waals surface area contributed by atoms with Crippen LogP contribution in [0.4, 0.5) is 13.2 Å². The van der Waals surface area contributed by atoms with Gasteiger partial charge < -0.3 is 0 Å². The highest BCUT2D eigenvalue weighted by Gasteiger charge is 2.35. The summed E-state index contributed by atoms with van der Waals surface area (Å²) in [7, 11) is 0. The van der Waals surface area contributed by atoms with Gasteiger partial charge in [-0.1, -0.05) is 18.2 Å². The molecule has 1 nitrogen and oxygen atoms in total. The molecule has 2 unspecified atom stereocenters. The average molecular weight is 261 g/mol. The molecule has 2 atom stereocenters. The van der Waals surface area contributed by atoms with Crippen molar-refractivity contribution in [1.29, 1.82) is 0 Å². The molecular weight excluding hydrogens is 247 g/mol. The first-order chi connectivity index (χ1) is 7.98. The van der Waals surface area contributed by atoms with Gasteiger partial charge in [0.15, 0.2) is 0 Å². The lowest BCUT2D eigenvalue weighted by Crippen LogP contribution is -2.34. The van der Waals surface area contributed by atoms with E-state index in [0.29, 0.717) is 5.56 Å². The predicted molar refractivity (Wildman–Crippen MR) is 63.9 cm³/mol. The summed E-state index contributed by atoms with van der Waals surface area (Å²) >= 11 is 1.54. The van der Waals surface area contributed by atoms with Crippen molar-refractivity contribution in [3.8, 4) is 0 Å². The summed E-state index contributed by atoms with van der Waals surface area (Å²) < 4.78 is 38.6. The molecule has 1 heterocycles. The summed E-state index contributed by atoms with van der Waals surface area (Å²) in [5.41, 5.74) is -0.185. The second-order valence-electron chi connectivity index (χ2n) is 4.19. The Hall–Kier alpha value is -0.680. The Morgan fingerprint density at radius 1 is 1.29 bits per heavy atom. The SMILES string of the molecule is CC1CCSC(c2ccccc2C(F)(F)F)N1. The van der Waals surface area contributed by atoms with Crippen molar-refractivity contribution in [2.45, 2.75) is 30.9 Å². The van der Waals surface area contributed by atoms with E-state index in [0.717, 1.165) is 18.2 Å². The van der Waals surface area contributed by atoms with Gasteiger partial charge >= 0.3 is 6.18 Å². The predicted octanol–water partition coefficient (Wildman–Crippen LogP) is 3.82. The van der Waals surface area contributed by atoms with Crippen molar-refractivity contribution in [3.05, 3.63) is 35.4 Å². The van der Waals surface area contributed by atoms with Crippen LogP contribution in [0.2, 0.25) is 0 Å². The second kappa shape index (κ2) is 4.90. The highest BCUT2D eigenvalue weighted by molar-refractivity contribution is 7.99. The number of hydrogen-bond donors (Lipinski definition) is 1. The maximum Gasteiger partial charge on any atom is 0.416 e. The smallest absolute Gasteiger partial charge is 0.299 e. The van der Waals surface area contributed by atoms with Crippen LogP contribution in [0.5, 0.6) is 0 Å². The highest BCUT2D eigenvalue weighted by atomic mass is 32.2. The van der Waals surface area contributed by atoms with Crippen molar-refractivity contribution in [3.63, 3.8) is 0 Å². The van der Waals surface area contributed by atoms with Gasteiger partial charge in [-0.2, -0.15) is 13.2 Å². The summed E-state index contributed by atoms with van der Waals surface area (Å²) in [4.78, 5) is 0. The van der Waals surface area contributed by atoms with E-state index in [1.165, 1.54) is 17.8 Å². The van der Waals surface area contributed by atoms with Crippen LogP contribution in [-0.2, 0) is 6.18 Å². The molecule has 17 heavy (non-hydrogen) atoms. The molecule has 1 fully saturated rings. The van der Waals surface area contributed by atoms with Gasteiger partial charge in [-0.05, 0) is 30.7 Å². The fourth-order valence-electron chi connectivity index (χ4n) is 1.92. The molecule has 1 saturated heterocycles. The van der Waals surface area contributed by atoms with Gasteiger partial charge in [-0.25, -0.2) is 0 Å². The topological polar surface area (TPSA) is 12.0 Å². The summed E-state index contributed by atoms with van der Waals surface area (Å²) in [5.74, 6) is 0.894. The van der Waals surface area contributed by atoms with Gasteiger partial charge in [-0.15, -0.1) is 11.8 Å². The monoisotopic (exact) mass is 261 g/mol. The molecule has 5 heteroatoms. The Labute approximate surface area is 103 Å². The van der Waals surface area contributed by atoms with Gasteiger partial charge in [0.25, 0.3) is 0 Å². The number of thioether (sulfide) groups is 1. The first-order valence-electron chi connectivity index (χ1n) is 5.52. The van der Waals surface area contributed by atoms with Gasteiger partial charge in [-0.3, -0.25) is 5.32 Å². The van der Waals surface area contributed by atoms with Crippen molar-refractivity contribution in [1.82, 2.24) is 5.32 Å². The van der Waals surface area contributed by atoms with Gasteiger partial charge in [0.05, 0.1) is 10.9 Å². The summed E-state index contributed by atoms with van der Waals surface area (Å²) in [6.07, 6.45) is -3.28. The van der Waals surface area contributed by atoms with Crippen molar-refractivity contribution >= 4 is 11.8 Å². The minimum Gasteiger partial charge on any atom is -0.299 e. The van der Waals surface area contributed by atoms with Crippen molar-refractivity contribution in [2.75, 3.05) is 5.75 Å². The Balaban J connectivity index is 2.31. The number of rotatable bonds is 1. The zero-order valence-corrected chi connectivity index (χ0v) is 10.2. The van der Waals surface area contributed by atoms with E-state index in [2.05, 4.69) is 5.32 Å². The lowest BCUT2D eigenvalue weighted by Gasteiger charge is -2.30. The Morgan fingerprint density at radius 2 is 2.00 bits per heavy atom. The number of benzene rings is 1. The number of alkyl halides is 3. The molecule has 0 bridgehead atoms. The highest BCUT2D eigenvalue weighted by Crippen LogP contribution is 2.39. The van der Waals surface area contributed by atoms with Crippen molar-refractivity contribution in [2.24, 2.45) is 0 Å². The average Bonchev–Trinajstić information content (AvgIpc) is 2.28. The van der Waals surface area contributed by atoms with E-state index in [1.54, 1.807) is 12.1 Å². The molecule has 0 spiro atoms. The normalized spacial score (nSPS) is 25.9. The maximum absolute atomic E-state index is 12.9. The van der Waals surface area contributed by atoms with E-state index >= 15 is 0 Å². The van der Waals surface area contributed by atoms with Gasteiger partial charge in [0, 0.05) is 6.04 Å². The molecule has 2 rings (SSSR count). The molecule has 0 amide bonds. The van der Waals surface area contributed by atoms with Crippen LogP contribution < -0.4 is 5.32 Å². The van der Waals surface area contributed by atoms with E-state index in [-0.39, 0.29) is 11.4 Å². The third kappa shape index (κ3) is 2.96. The summed E-state index contributed by atoms with van der Waals surface area (Å²) in [6, 6.07) is 6.07. The van der Waals surface area contributed by atoms with Gasteiger partial charge in [0.2, 0.25) is 0 Å². The molecule has 1 aromatic rings. The lowest BCUT2D eigenvalue weighted by atomic mass is 10.1. The van der Waals surface area contributed by atoms with Crippen LogP contribution in [0.3, 0.4) is 0 Å². The quantitative estimate of drug-likeness (QED) is 0.824. The Kier molecular flexibility index (Phi) is 3.68. The summed E-state index contributed by atoms with van der Waals surface area (Å²) in [5, 5.41) is 2.95. The molecule has 1 N–H and O–H groups in total. The zero-order valence-electron chi connectivity index (χ0n) is 9.42. The third-order valence-electron chi connectivity index (χ3n) is 2.82. The second-order valence-corrected chi connectivity index (χ2v) is 5.41.